The van der Waals surface area contributed by atoms with Crippen LogP contribution in [0, 0.1) is 5.92 Å². The van der Waals surface area contributed by atoms with Gasteiger partial charge in [-0.25, -0.2) is 8.42 Å². The molecule has 0 atom stereocenters. The summed E-state index contributed by atoms with van der Waals surface area (Å²) in [5.74, 6) is -0.558. The van der Waals surface area contributed by atoms with Crippen molar-refractivity contribution < 1.29 is 18.0 Å². The SMILES string of the molecule is CC(C)(C)NC(=O)CCS(=O)(=O)c1cc(Br)cc2c1N(C(=O)C1CC1)CC2. The van der Waals surface area contributed by atoms with Crippen molar-refractivity contribution in [2.24, 2.45) is 5.92 Å². The van der Waals surface area contributed by atoms with Gasteiger partial charge in [-0.3, -0.25) is 9.59 Å². The van der Waals surface area contributed by atoms with Crippen LogP contribution in [0.1, 0.15) is 45.6 Å². The van der Waals surface area contributed by atoms with Gasteiger partial charge in [0.25, 0.3) is 0 Å². The van der Waals surface area contributed by atoms with E-state index in [1.165, 1.54) is 0 Å². The number of hydrogen-bond acceptors (Lipinski definition) is 4. The Hall–Kier alpha value is -1.41. The first-order valence-corrected chi connectivity index (χ1v) is 11.6. The molecule has 1 N–H and O–H groups in total. The van der Waals surface area contributed by atoms with E-state index < -0.39 is 15.4 Å². The molecule has 0 unspecified atom stereocenters. The number of anilines is 1. The number of hydrogen-bond donors (Lipinski definition) is 1. The van der Waals surface area contributed by atoms with E-state index in [1.54, 1.807) is 11.0 Å². The highest BCUT2D eigenvalue weighted by Crippen LogP contribution is 2.41. The van der Waals surface area contributed by atoms with Crippen molar-refractivity contribution in [1.29, 1.82) is 0 Å². The van der Waals surface area contributed by atoms with E-state index in [0.29, 0.717) is 23.1 Å². The molecule has 0 saturated heterocycles. The van der Waals surface area contributed by atoms with E-state index in [2.05, 4.69) is 21.2 Å². The maximum Gasteiger partial charge on any atom is 0.230 e. The van der Waals surface area contributed by atoms with Crippen LogP contribution in [0.4, 0.5) is 5.69 Å². The summed E-state index contributed by atoms with van der Waals surface area (Å²) in [5, 5.41) is 2.78. The number of carbonyl (C=O) groups excluding carboxylic acids is 2. The van der Waals surface area contributed by atoms with Gasteiger partial charge in [0.15, 0.2) is 9.84 Å². The van der Waals surface area contributed by atoms with Gasteiger partial charge in [-0.05, 0) is 57.7 Å². The molecule has 1 aromatic rings. The van der Waals surface area contributed by atoms with Crippen LogP contribution >= 0.6 is 15.9 Å². The van der Waals surface area contributed by atoms with Crippen molar-refractivity contribution in [3.63, 3.8) is 0 Å². The van der Waals surface area contributed by atoms with Crippen LogP contribution in [0.5, 0.6) is 0 Å². The van der Waals surface area contributed by atoms with E-state index in [9.17, 15) is 18.0 Å². The number of rotatable bonds is 5. The maximum atomic E-state index is 13.0. The Kier molecular flexibility index (Phi) is 5.42. The van der Waals surface area contributed by atoms with Crippen LogP contribution in [0.3, 0.4) is 0 Å². The predicted molar refractivity (Wildman–Crippen MR) is 107 cm³/mol. The Balaban J connectivity index is 1.87. The Morgan fingerprint density at radius 3 is 2.52 bits per heavy atom. The van der Waals surface area contributed by atoms with Crippen LogP contribution in [0.15, 0.2) is 21.5 Å². The summed E-state index contributed by atoms with van der Waals surface area (Å²) in [6, 6.07) is 3.43. The Labute approximate surface area is 168 Å². The molecule has 0 radical (unpaired) electrons. The Bertz CT molecular complexity index is 886. The number of benzene rings is 1. The lowest BCUT2D eigenvalue weighted by Gasteiger charge is -2.22. The number of nitrogens with one attached hydrogen (secondary N) is 1. The molecule has 1 aliphatic carbocycles. The average Bonchev–Trinajstić information content (AvgIpc) is 3.30. The van der Waals surface area contributed by atoms with Crippen LogP contribution in [0.2, 0.25) is 0 Å². The number of nitrogens with zero attached hydrogens (tertiary/aromatic N) is 1. The van der Waals surface area contributed by atoms with Gasteiger partial charge in [-0.1, -0.05) is 15.9 Å². The maximum absolute atomic E-state index is 13.0. The fourth-order valence-corrected chi connectivity index (χ4v) is 5.47. The van der Waals surface area contributed by atoms with Crippen molar-refractivity contribution in [3.8, 4) is 0 Å². The molecule has 0 aromatic heterocycles. The monoisotopic (exact) mass is 456 g/mol. The first-order valence-electron chi connectivity index (χ1n) is 9.15. The second-order valence-electron chi connectivity index (χ2n) is 8.29. The molecular weight excluding hydrogens is 432 g/mol. The molecule has 2 aliphatic rings. The molecule has 27 heavy (non-hydrogen) atoms. The standard InChI is InChI=1S/C19H25BrN2O4S/c1-19(2,3)21-16(23)7-9-27(25,26)15-11-14(20)10-13-6-8-22(17(13)15)18(24)12-4-5-12/h10-12H,4-9H2,1-3H3,(H,21,23). The smallest absolute Gasteiger partial charge is 0.230 e. The van der Waals surface area contributed by atoms with Crippen LogP contribution < -0.4 is 10.2 Å². The number of fused-ring (bicyclic) bond motifs is 1. The minimum absolute atomic E-state index is 0.0120. The van der Waals surface area contributed by atoms with Crippen molar-refractivity contribution in [2.75, 3.05) is 17.2 Å². The third-order valence-electron chi connectivity index (χ3n) is 4.63. The number of carbonyl (C=O) groups is 2. The summed E-state index contributed by atoms with van der Waals surface area (Å²) in [4.78, 5) is 26.4. The summed E-state index contributed by atoms with van der Waals surface area (Å²) in [7, 11) is -3.72. The van der Waals surface area contributed by atoms with E-state index in [4.69, 9.17) is 0 Å². The highest BCUT2D eigenvalue weighted by Gasteiger charge is 2.39. The van der Waals surface area contributed by atoms with Gasteiger partial charge in [0.2, 0.25) is 11.8 Å². The molecular formula is C19H25BrN2O4S. The van der Waals surface area contributed by atoms with E-state index in [-0.39, 0.29) is 34.8 Å². The van der Waals surface area contributed by atoms with Gasteiger partial charge in [-0.15, -0.1) is 0 Å². The summed E-state index contributed by atoms with van der Waals surface area (Å²) in [6.07, 6.45) is 2.27. The minimum atomic E-state index is -3.72. The van der Waals surface area contributed by atoms with E-state index in [1.807, 2.05) is 26.8 Å². The first kappa shape index (κ1) is 20.3. The molecule has 0 bridgehead atoms. The lowest BCUT2D eigenvalue weighted by atomic mass is 10.1. The molecule has 0 spiro atoms. The summed E-state index contributed by atoms with van der Waals surface area (Å²) in [5.41, 5.74) is 0.952. The molecule has 1 fully saturated rings. The second kappa shape index (κ2) is 7.20. The van der Waals surface area contributed by atoms with Crippen LogP contribution in [-0.4, -0.2) is 38.1 Å². The predicted octanol–water partition coefficient (Wildman–Crippen LogP) is 2.83. The third kappa shape index (κ3) is 4.71. The minimum Gasteiger partial charge on any atom is -0.351 e. The molecule has 8 heteroatoms. The molecule has 6 nitrogen and oxygen atoms in total. The number of amides is 2. The van der Waals surface area contributed by atoms with Gasteiger partial charge in [0.1, 0.15) is 0 Å². The zero-order valence-corrected chi connectivity index (χ0v) is 18.2. The highest BCUT2D eigenvalue weighted by atomic mass is 79.9. The van der Waals surface area contributed by atoms with Crippen LogP contribution in [-0.2, 0) is 25.8 Å². The zero-order chi connectivity index (χ0) is 20.0. The second-order valence-corrected chi connectivity index (χ2v) is 11.3. The molecule has 2 amide bonds. The van der Waals surface area contributed by atoms with Gasteiger partial charge in [0.05, 0.1) is 16.3 Å². The van der Waals surface area contributed by atoms with E-state index >= 15 is 0 Å². The third-order valence-corrected chi connectivity index (χ3v) is 6.81. The van der Waals surface area contributed by atoms with Crippen molar-refractivity contribution in [1.82, 2.24) is 5.32 Å². The topological polar surface area (TPSA) is 83.6 Å². The highest BCUT2D eigenvalue weighted by molar-refractivity contribution is 9.10. The number of halogens is 1. The average molecular weight is 457 g/mol. The van der Waals surface area contributed by atoms with Crippen molar-refractivity contribution >= 4 is 43.3 Å². The fourth-order valence-electron chi connectivity index (χ4n) is 3.30. The Morgan fingerprint density at radius 1 is 1.26 bits per heavy atom. The largest absolute Gasteiger partial charge is 0.351 e. The molecule has 1 aromatic carbocycles. The lowest BCUT2D eigenvalue weighted by Crippen LogP contribution is -2.41. The summed E-state index contributed by atoms with van der Waals surface area (Å²) >= 11 is 3.38. The zero-order valence-electron chi connectivity index (χ0n) is 15.8. The Morgan fingerprint density at radius 2 is 1.93 bits per heavy atom. The molecule has 1 heterocycles. The van der Waals surface area contributed by atoms with Gasteiger partial charge in [0, 0.05) is 28.9 Å². The normalized spacial score (nSPS) is 17.0. The van der Waals surface area contributed by atoms with Gasteiger partial charge >= 0.3 is 0 Å². The number of sulfone groups is 1. The van der Waals surface area contributed by atoms with Gasteiger partial charge in [-0.2, -0.15) is 0 Å². The lowest BCUT2D eigenvalue weighted by molar-refractivity contribution is -0.122. The van der Waals surface area contributed by atoms with Gasteiger partial charge < -0.3 is 10.2 Å². The molecule has 3 rings (SSSR count). The quantitative estimate of drug-likeness (QED) is 0.737. The molecule has 1 aliphatic heterocycles. The summed E-state index contributed by atoms with van der Waals surface area (Å²) < 4.78 is 26.7. The van der Waals surface area contributed by atoms with Crippen LogP contribution in [0.25, 0.3) is 0 Å². The molecule has 1 saturated carbocycles. The van der Waals surface area contributed by atoms with E-state index in [0.717, 1.165) is 18.4 Å². The molecule has 148 valence electrons. The summed E-state index contributed by atoms with van der Waals surface area (Å²) in [6.45, 7) is 6.06. The first-order chi connectivity index (χ1) is 12.5. The van der Waals surface area contributed by atoms with Crippen molar-refractivity contribution in [3.05, 3.63) is 22.2 Å². The van der Waals surface area contributed by atoms with Crippen molar-refractivity contribution in [2.45, 2.75) is 56.9 Å². The fraction of sp³-hybridized carbons (Fsp3) is 0.579.